The van der Waals surface area contributed by atoms with Crippen LogP contribution in [0.3, 0.4) is 0 Å². The second-order valence-electron chi connectivity index (χ2n) is 5.27. The fourth-order valence-corrected chi connectivity index (χ4v) is 2.47. The fraction of sp³-hybridized carbons (Fsp3) is 0.333. The first kappa shape index (κ1) is 15.9. The molecule has 2 nitrogen and oxygen atoms in total. The number of benzene rings is 2. The van der Waals surface area contributed by atoms with Crippen molar-refractivity contribution in [1.82, 2.24) is 5.32 Å². The van der Waals surface area contributed by atoms with E-state index >= 15 is 0 Å². The highest BCUT2D eigenvalue weighted by Gasteiger charge is 2.10. The van der Waals surface area contributed by atoms with Crippen LogP contribution in [0.25, 0.3) is 0 Å². The van der Waals surface area contributed by atoms with Gasteiger partial charge in [-0.1, -0.05) is 36.7 Å². The third-order valence-corrected chi connectivity index (χ3v) is 4.04. The van der Waals surface area contributed by atoms with Gasteiger partial charge in [0.15, 0.2) is 0 Å². The average molecular weight is 304 g/mol. The van der Waals surface area contributed by atoms with Gasteiger partial charge in [-0.15, -0.1) is 0 Å². The molecule has 1 N–H and O–H groups in total. The van der Waals surface area contributed by atoms with E-state index in [1.807, 2.05) is 24.3 Å². The second-order valence-corrected chi connectivity index (χ2v) is 5.68. The molecule has 0 aromatic heterocycles. The maximum Gasteiger partial charge on any atom is 0.146 e. The van der Waals surface area contributed by atoms with Crippen LogP contribution in [0.15, 0.2) is 36.4 Å². The Hall–Kier alpha value is -1.51. The molecule has 1 atom stereocenters. The SMILES string of the molecule is CCNC(C)c1ccc(Oc2cccc(C)c2C)c(Cl)c1. The van der Waals surface area contributed by atoms with Crippen molar-refractivity contribution in [2.24, 2.45) is 0 Å². The number of rotatable bonds is 5. The van der Waals surface area contributed by atoms with Crippen LogP contribution in [0.4, 0.5) is 0 Å². The van der Waals surface area contributed by atoms with Crippen molar-refractivity contribution < 1.29 is 4.74 Å². The van der Waals surface area contributed by atoms with Crippen LogP contribution in [0.5, 0.6) is 11.5 Å². The number of hydrogen-bond donors (Lipinski definition) is 1. The van der Waals surface area contributed by atoms with Gasteiger partial charge in [0.05, 0.1) is 5.02 Å². The van der Waals surface area contributed by atoms with Crippen molar-refractivity contribution in [2.75, 3.05) is 6.54 Å². The van der Waals surface area contributed by atoms with E-state index in [0.29, 0.717) is 10.8 Å². The molecule has 1 unspecified atom stereocenters. The highest BCUT2D eigenvalue weighted by atomic mass is 35.5. The van der Waals surface area contributed by atoms with Crippen LogP contribution in [0.2, 0.25) is 5.02 Å². The molecule has 0 amide bonds. The third kappa shape index (κ3) is 3.78. The number of hydrogen-bond acceptors (Lipinski definition) is 2. The Bertz CT molecular complexity index is 625. The third-order valence-electron chi connectivity index (χ3n) is 3.74. The van der Waals surface area contributed by atoms with Gasteiger partial charge in [0.1, 0.15) is 11.5 Å². The van der Waals surface area contributed by atoms with Gasteiger partial charge in [-0.25, -0.2) is 0 Å². The minimum Gasteiger partial charge on any atom is -0.456 e. The predicted molar refractivity (Wildman–Crippen MR) is 89.5 cm³/mol. The van der Waals surface area contributed by atoms with Crippen LogP contribution in [-0.4, -0.2) is 6.54 Å². The Balaban J connectivity index is 2.23. The highest BCUT2D eigenvalue weighted by Crippen LogP contribution is 2.33. The molecule has 2 aromatic rings. The lowest BCUT2D eigenvalue weighted by Crippen LogP contribution is -2.17. The lowest BCUT2D eigenvalue weighted by molar-refractivity contribution is 0.478. The first-order valence-electron chi connectivity index (χ1n) is 7.29. The molecule has 0 aliphatic rings. The molecular weight excluding hydrogens is 282 g/mol. The summed E-state index contributed by atoms with van der Waals surface area (Å²) < 4.78 is 5.96. The van der Waals surface area contributed by atoms with Gasteiger partial charge in [-0.2, -0.15) is 0 Å². The van der Waals surface area contributed by atoms with Gasteiger partial charge >= 0.3 is 0 Å². The number of nitrogens with one attached hydrogen (secondary N) is 1. The maximum atomic E-state index is 6.36. The van der Waals surface area contributed by atoms with Gasteiger partial charge in [0, 0.05) is 6.04 Å². The quantitative estimate of drug-likeness (QED) is 0.796. The summed E-state index contributed by atoms with van der Waals surface area (Å²) in [5, 5.41) is 4.01. The van der Waals surface area contributed by atoms with E-state index in [2.05, 4.69) is 45.1 Å². The first-order chi connectivity index (χ1) is 10.0. The molecule has 0 aliphatic carbocycles. The zero-order valence-electron chi connectivity index (χ0n) is 13.0. The van der Waals surface area contributed by atoms with Gasteiger partial charge in [-0.3, -0.25) is 0 Å². The molecular formula is C18H22ClNO. The average Bonchev–Trinajstić information content (AvgIpc) is 2.46. The summed E-state index contributed by atoms with van der Waals surface area (Å²) in [5.41, 5.74) is 3.51. The summed E-state index contributed by atoms with van der Waals surface area (Å²) in [4.78, 5) is 0. The highest BCUT2D eigenvalue weighted by molar-refractivity contribution is 6.32. The van der Waals surface area contributed by atoms with Crippen molar-refractivity contribution >= 4 is 11.6 Å². The molecule has 0 aliphatic heterocycles. The molecule has 112 valence electrons. The van der Waals surface area contributed by atoms with E-state index in [4.69, 9.17) is 16.3 Å². The molecule has 0 fully saturated rings. The molecule has 3 heteroatoms. The van der Waals surface area contributed by atoms with E-state index in [0.717, 1.165) is 23.4 Å². The number of ether oxygens (including phenoxy) is 1. The fourth-order valence-electron chi connectivity index (χ4n) is 2.25. The number of aryl methyl sites for hydroxylation is 1. The summed E-state index contributed by atoms with van der Waals surface area (Å²) in [7, 11) is 0. The van der Waals surface area contributed by atoms with Crippen molar-refractivity contribution in [3.8, 4) is 11.5 Å². The van der Waals surface area contributed by atoms with Crippen molar-refractivity contribution in [2.45, 2.75) is 33.7 Å². The minimum atomic E-state index is 0.280. The zero-order chi connectivity index (χ0) is 15.4. The zero-order valence-corrected chi connectivity index (χ0v) is 13.8. The van der Waals surface area contributed by atoms with E-state index in [1.54, 1.807) is 0 Å². The summed E-state index contributed by atoms with van der Waals surface area (Å²) in [6, 6.07) is 12.3. The topological polar surface area (TPSA) is 21.3 Å². The molecule has 2 rings (SSSR count). The molecule has 0 saturated carbocycles. The van der Waals surface area contributed by atoms with Crippen LogP contribution < -0.4 is 10.1 Å². The standard InChI is InChI=1S/C18H22ClNO/c1-5-20-14(4)15-9-10-18(16(19)11-15)21-17-8-6-7-12(2)13(17)3/h6-11,14,20H,5H2,1-4H3. The second kappa shape index (κ2) is 6.97. The van der Waals surface area contributed by atoms with E-state index < -0.39 is 0 Å². The molecule has 0 saturated heterocycles. The Morgan fingerprint density at radius 3 is 2.57 bits per heavy atom. The lowest BCUT2D eigenvalue weighted by atomic mass is 10.1. The van der Waals surface area contributed by atoms with Crippen molar-refractivity contribution in [3.05, 3.63) is 58.1 Å². The maximum absolute atomic E-state index is 6.36. The Morgan fingerprint density at radius 1 is 1.14 bits per heavy atom. The van der Waals surface area contributed by atoms with Crippen LogP contribution >= 0.6 is 11.6 Å². The van der Waals surface area contributed by atoms with E-state index in [9.17, 15) is 0 Å². The van der Waals surface area contributed by atoms with Gasteiger partial charge < -0.3 is 10.1 Å². The Labute approximate surface area is 132 Å². The monoisotopic (exact) mass is 303 g/mol. The normalized spacial score (nSPS) is 12.2. The number of halogens is 1. The van der Waals surface area contributed by atoms with Crippen molar-refractivity contribution in [3.63, 3.8) is 0 Å². The lowest BCUT2D eigenvalue weighted by Gasteiger charge is -2.16. The van der Waals surface area contributed by atoms with E-state index in [1.165, 1.54) is 5.56 Å². The molecule has 2 aromatic carbocycles. The van der Waals surface area contributed by atoms with Gasteiger partial charge in [-0.05, 0) is 62.2 Å². The summed E-state index contributed by atoms with van der Waals surface area (Å²) in [5.74, 6) is 1.54. The largest absolute Gasteiger partial charge is 0.456 e. The van der Waals surface area contributed by atoms with Crippen LogP contribution in [0.1, 0.15) is 36.6 Å². The summed E-state index contributed by atoms with van der Waals surface area (Å²) in [6.07, 6.45) is 0. The molecule has 0 bridgehead atoms. The van der Waals surface area contributed by atoms with E-state index in [-0.39, 0.29) is 6.04 Å². The molecule has 0 radical (unpaired) electrons. The van der Waals surface area contributed by atoms with Crippen LogP contribution in [0, 0.1) is 13.8 Å². The first-order valence-corrected chi connectivity index (χ1v) is 7.67. The molecule has 0 spiro atoms. The van der Waals surface area contributed by atoms with Gasteiger partial charge in [0.2, 0.25) is 0 Å². The Kier molecular flexibility index (Phi) is 5.27. The van der Waals surface area contributed by atoms with Crippen LogP contribution in [-0.2, 0) is 0 Å². The summed E-state index contributed by atoms with van der Waals surface area (Å²) >= 11 is 6.36. The summed E-state index contributed by atoms with van der Waals surface area (Å²) in [6.45, 7) is 9.28. The molecule has 21 heavy (non-hydrogen) atoms. The van der Waals surface area contributed by atoms with Gasteiger partial charge in [0.25, 0.3) is 0 Å². The smallest absolute Gasteiger partial charge is 0.146 e. The predicted octanol–water partition coefficient (Wildman–Crippen LogP) is 5.42. The Morgan fingerprint density at radius 2 is 1.90 bits per heavy atom. The van der Waals surface area contributed by atoms with Crippen molar-refractivity contribution in [1.29, 1.82) is 0 Å². The minimum absolute atomic E-state index is 0.280. The molecule has 0 heterocycles.